The summed E-state index contributed by atoms with van der Waals surface area (Å²) < 4.78 is 0. The fraction of sp³-hybridized carbons (Fsp3) is 0.438. The number of piperidine rings is 1. The molecule has 2 amide bonds. The van der Waals surface area contributed by atoms with Crippen LogP contribution in [0.15, 0.2) is 30.3 Å². The van der Waals surface area contributed by atoms with Crippen LogP contribution in [0.25, 0.3) is 0 Å². The Balaban J connectivity index is 1.97. The van der Waals surface area contributed by atoms with Gasteiger partial charge in [-0.05, 0) is 12.0 Å². The molecule has 1 fully saturated rings. The number of hydrogen-bond donors (Lipinski definition) is 2. The molecule has 0 spiro atoms. The van der Waals surface area contributed by atoms with E-state index >= 15 is 0 Å². The average Bonchev–Trinajstić information content (AvgIpc) is 2.50. The van der Waals surface area contributed by atoms with Crippen LogP contribution in [0.3, 0.4) is 0 Å². The van der Waals surface area contributed by atoms with E-state index in [9.17, 15) is 19.5 Å². The van der Waals surface area contributed by atoms with Crippen molar-refractivity contribution in [1.82, 2.24) is 10.2 Å². The quantitative estimate of drug-likeness (QED) is 0.837. The summed E-state index contributed by atoms with van der Waals surface area (Å²) in [5, 5.41) is 11.8. The number of hydrogen-bond acceptors (Lipinski definition) is 3. The zero-order valence-corrected chi connectivity index (χ0v) is 12.5. The molecule has 1 aliphatic rings. The van der Waals surface area contributed by atoms with E-state index in [0.717, 1.165) is 5.56 Å². The van der Waals surface area contributed by atoms with Gasteiger partial charge in [-0.25, -0.2) is 4.79 Å². The maximum atomic E-state index is 12.2. The smallest absolute Gasteiger partial charge is 0.326 e. The second-order valence-corrected chi connectivity index (χ2v) is 5.59. The molecule has 0 aliphatic carbocycles. The molecule has 22 heavy (non-hydrogen) atoms. The lowest BCUT2D eigenvalue weighted by Crippen LogP contribution is -2.48. The number of nitrogens with zero attached hydrogens (tertiary/aromatic N) is 1. The second kappa shape index (κ2) is 7.06. The standard InChI is InChI=1S/C16H20N2O4/c1-18-8-7-12(10-14(18)19)15(20)17-13(16(21)22)9-11-5-3-2-4-6-11/h2-6,12-13H,7-10H2,1H3,(H,17,20)(H,21,22)/t12-,13+/m0/s1. The maximum absolute atomic E-state index is 12.2. The molecule has 118 valence electrons. The summed E-state index contributed by atoms with van der Waals surface area (Å²) in [5.74, 6) is -1.95. The lowest BCUT2D eigenvalue weighted by Gasteiger charge is -2.28. The molecule has 0 unspecified atom stereocenters. The maximum Gasteiger partial charge on any atom is 0.326 e. The zero-order chi connectivity index (χ0) is 16.1. The lowest BCUT2D eigenvalue weighted by atomic mass is 9.95. The first-order valence-corrected chi connectivity index (χ1v) is 7.28. The van der Waals surface area contributed by atoms with E-state index in [-0.39, 0.29) is 24.7 Å². The number of amides is 2. The molecule has 0 saturated carbocycles. The number of carbonyl (C=O) groups is 3. The molecular formula is C16H20N2O4. The van der Waals surface area contributed by atoms with Gasteiger partial charge < -0.3 is 15.3 Å². The Morgan fingerprint density at radius 3 is 2.64 bits per heavy atom. The average molecular weight is 304 g/mol. The molecule has 1 saturated heterocycles. The number of rotatable bonds is 5. The van der Waals surface area contributed by atoms with Crippen molar-refractivity contribution in [2.75, 3.05) is 13.6 Å². The Hall–Kier alpha value is -2.37. The largest absolute Gasteiger partial charge is 0.480 e. The van der Waals surface area contributed by atoms with Crippen LogP contribution in [0.5, 0.6) is 0 Å². The van der Waals surface area contributed by atoms with Gasteiger partial charge in [0.1, 0.15) is 6.04 Å². The topological polar surface area (TPSA) is 86.7 Å². The van der Waals surface area contributed by atoms with Gasteiger partial charge in [0, 0.05) is 32.4 Å². The summed E-state index contributed by atoms with van der Waals surface area (Å²) in [6, 6.07) is 8.16. The summed E-state index contributed by atoms with van der Waals surface area (Å²) in [4.78, 5) is 36.8. The van der Waals surface area contributed by atoms with Crippen LogP contribution in [-0.2, 0) is 20.8 Å². The van der Waals surface area contributed by atoms with Crippen molar-refractivity contribution in [2.24, 2.45) is 5.92 Å². The molecular weight excluding hydrogens is 284 g/mol. The Labute approximate surface area is 129 Å². The molecule has 2 N–H and O–H groups in total. The molecule has 6 nitrogen and oxygen atoms in total. The summed E-state index contributed by atoms with van der Waals surface area (Å²) in [6.07, 6.45) is 0.925. The third-order valence-corrected chi connectivity index (χ3v) is 3.93. The molecule has 0 bridgehead atoms. The van der Waals surface area contributed by atoms with E-state index in [4.69, 9.17) is 0 Å². The van der Waals surface area contributed by atoms with Crippen LogP contribution >= 0.6 is 0 Å². The fourth-order valence-electron chi connectivity index (χ4n) is 2.51. The van der Waals surface area contributed by atoms with Crippen molar-refractivity contribution in [1.29, 1.82) is 0 Å². The molecule has 1 aliphatic heterocycles. The van der Waals surface area contributed by atoms with Gasteiger partial charge in [0.15, 0.2) is 0 Å². The third-order valence-electron chi connectivity index (χ3n) is 3.93. The molecule has 1 aromatic carbocycles. The van der Waals surface area contributed by atoms with Gasteiger partial charge in [0.05, 0.1) is 0 Å². The lowest BCUT2D eigenvalue weighted by molar-refractivity contribution is -0.144. The van der Waals surface area contributed by atoms with E-state index in [0.29, 0.717) is 13.0 Å². The number of aliphatic carboxylic acids is 1. The predicted molar refractivity (Wildman–Crippen MR) is 80.1 cm³/mol. The highest BCUT2D eigenvalue weighted by Crippen LogP contribution is 2.17. The first-order chi connectivity index (χ1) is 10.5. The zero-order valence-electron chi connectivity index (χ0n) is 12.5. The van der Waals surface area contributed by atoms with E-state index in [1.807, 2.05) is 30.3 Å². The van der Waals surface area contributed by atoms with Gasteiger partial charge in [-0.3, -0.25) is 9.59 Å². The number of carboxylic acid groups (broad SMARTS) is 1. The minimum atomic E-state index is -1.07. The van der Waals surface area contributed by atoms with Gasteiger partial charge in [-0.15, -0.1) is 0 Å². The van der Waals surface area contributed by atoms with Gasteiger partial charge in [0.25, 0.3) is 0 Å². The summed E-state index contributed by atoms with van der Waals surface area (Å²) in [6.45, 7) is 0.521. The Morgan fingerprint density at radius 2 is 2.05 bits per heavy atom. The van der Waals surface area contributed by atoms with Gasteiger partial charge in [-0.1, -0.05) is 30.3 Å². The number of carboxylic acids is 1. The van der Waals surface area contributed by atoms with Crippen LogP contribution < -0.4 is 5.32 Å². The number of nitrogens with one attached hydrogen (secondary N) is 1. The van der Waals surface area contributed by atoms with Crippen LogP contribution in [0, 0.1) is 5.92 Å². The Bertz CT molecular complexity index is 559. The van der Waals surface area contributed by atoms with Crippen molar-refractivity contribution in [2.45, 2.75) is 25.3 Å². The highest BCUT2D eigenvalue weighted by molar-refractivity contribution is 5.89. The summed E-state index contributed by atoms with van der Waals surface area (Å²) in [7, 11) is 1.70. The van der Waals surface area contributed by atoms with Crippen LogP contribution in [-0.4, -0.2) is 47.4 Å². The second-order valence-electron chi connectivity index (χ2n) is 5.59. The molecule has 1 heterocycles. The van der Waals surface area contributed by atoms with Gasteiger partial charge >= 0.3 is 5.97 Å². The first kappa shape index (κ1) is 16.0. The normalized spacial score (nSPS) is 19.6. The minimum absolute atomic E-state index is 0.0821. The first-order valence-electron chi connectivity index (χ1n) is 7.28. The summed E-state index contributed by atoms with van der Waals surface area (Å²) >= 11 is 0. The molecule has 2 atom stereocenters. The van der Waals surface area contributed by atoms with Crippen molar-refractivity contribution in [3.05, 3.63) is 35.9 Å². The van der Waals surface area contributed by atoms with E-state index in [1.54, 1.807) is 11.9 Å². The van der Waals surface area contributed by atoms with Crippen molar-refractivity contribution < 1.29 is 19.5 Å². The van der Waals surface area contributed by atoms with Gasteiger partial charge in [-0.2, -0.15) is 0 Å². The number of likely N-dealkylation sites (tertiary alicyclic amines) is 1. The number of carbonyl (C=O) groups excluding carboxylic acids is 2. The monoisotopic (exact) mass is 304 g/mol. The number of benzene rings is 1. The van der Waals surface area contributed by atoms with E-state index in [2.05, 4.69) is 5.32 Å². The highest BCUT2D eigenvalue weighted by Gasteiger charge is 2.31. The van der Waals surface area contributed by atoms with Crippen molar-refractivity contribution in [3.8, 4) is 0 Å². The predicted octanol–water partition coefficient (Wildman–Crippen LogP) is 0.667. The Morgan fingerprint density at radius 1 is 1.36 bits per heavy atom. The molecule has 0 aromatic heterocycles. The van der Waals surface area contributed by atoms with E-state index in [1.165, 1.54) is 0 Å². The van der Waals surface area contributed by atoms with Crippen LogP contribution in [0.4, 0.5) is 0 Å². The highest BCUT2D eigenvalue weighted by atomic mass is 16.4. The molecule has 0 radical (unpaired) electrons. The molecule has 6 heteroatoms. The van der Waals surface area contributed by atoms with E-state index < -0.39 is 17.9 Å². The van der Waals surface area contributed by atoms with Gasteiger partial charge in [0.2, 0.25) is 11.8 Å². The molecule has 1 aromatic rings. The van der Waals surface area contributed by atoms with Crippen molar-refractivity contribution in [3.63, 3.8) is 0 Å². The third kappa shape index (κ3) is 4.07. The fourth-order valence-corrected chi connectivity index (χ4v) is 2.51. The molecule has 2 rings (SSSR count). The summed E-state index contributed by atoms with van der Waals surface area (Å²) in [5.41, 5.74) is 0.842. The van der Waals surface area contributed by atoms with Crippen LogP contribution in [0.2, 0.25) is 0 Å². The SMILES string of the molecule is CN1CC[C@H](C(=O)N[C@H](Cc2ccccc2)C(=O)O)CC1=O. The Kier molecular flexibility index (Phi) is 5.14. The minimum Gasteiger partial charge on any atom is -0.480 e. The van der Waals surface area contributed by atoms with Crippen LogP contribution in [0.1, 0.15) is 18.4 Å². The van der Waals surface area contributed by atoms with Crippen molar-refractivity contribution >= 4 is 17.8 Å².